The van der Waals surface area contributed by atoms with Crippen LogP contribution >= 0.6 is 27.3 Å². The molecule has 0 aliphatic rings. The van der Waals surface area contributed by atoms with Crippen LogP contribution in [0.1, 0.15) is 15.7 Å². The Kier molecular flexibility index (Phi) is 3.34. The Morgan fingerprint density at radius 1 is 1.11 bits per heavy atom. The molecule has 3 rings (SSSR count). The van der Waals surface area contributed by atoms with E-state index in [4.69, 9.17) is 0 Å². The first-order valence-electron chi connectivity index (χ1n) is 5.58. The topological polar surface area (TPSA) is 38.7 Å². The lowest BCUT2D eigenvalue weighted by Crippen LogP contribution is -2.00. The molecule has 1 unspecified atom stereocenters. The number of thiazole rings is 1. The molecule has 0 saturated carbocycles. The molecule has 0 amide bonds. The van der Waals surface area contributed by atoms with Crippen LogP contribution in [0.3, 0.4) is 0 Å². The Labute approximate surface area is 117 Å². The van der Waals surface area contributed by atoms with Crippen LogP contribution in [0, 0.1) is 0 Å². The standard InChI is InChI=1S/C13H10BrN3S/c14-9(13-15-6-3-7-16-13)8-12-17-10-4-1-2-5-11(10)18-12/h1-7,9H,8H2. The first-order chi connectivity index (χ1) is 8.83. The molecule has 2 heterocycles. The molecule has 0 aliphatic heterocycles. The highest BCUT2D eigenvalue weighted by molar-refractivity contribution is 9.09. The van der Waals surface area contributed by atoms with Gasteiger partial charge in [-0.05, 0) is 18.2 Å². The molecule has 0 saturated heterocycles. The van der Waals surface area contributed by atoms with Crippen molar-refractivity contribution in [3.05, 3.63) is 53.6 Å². The van der Waals surface area contributed by atoms with E-state index in [-0.39, 0.29) is 4.83 Å². The lowest BCUT2D eigenvalue weighted by molar-refractivity contribution is 0.845. The van der Waals surface area contributed by atoms with Crippen molar-refractivity contribution < 1.29 is 0 Å². The molecule has 1 aromatic carbocycles. The van der Waals surface area contributed by atoms with Crippen LogP contribution in [0.5, 0.6) is 0 Å². The summed E-state index contributed by atoms with van der Waals surface area (Å²) in [4.78, 5) is 13.2. The van der Waals surface area contributed by atoms with Crippen LogP contribution in [0.25, 0.3) is 10.2 Å². The van der Waals surface area contributed by atoms with E-state index >= 15 is 0 Å². The van der Waals surface area contributed by atoms with Gasteiger partial charge < -0.3 is 0 Å². The number of aromatic nitrogens is 3. The molecule has 0 spiro atoms. The zero-order valence-corrected chi connectivity index (χ0v) is 11.9. The van der Waals surface area contributed by atoms with Crippen molar-refractivity contribution in [2.75, 3.05) is 0 Å². The van der Waals surface area contributed by atoms with Gasteiger partial charge in [0.15, 0.2) is 0 Å². The number of benzene rings is 1. The molecule has 2 aromatic heterocycles. The van der Waals surface area contributed by atoms with E-state index in [9.17, 15) is 0 Å². The molecule has 0 aliphatic carbocycles. The summed E-state index contributed by atoms with van der Waals surface area (Å²) < 4.78 is 1.22. The summed E-state index contributed by atoms with van der Waals surface area (Å²) in [5.74, 6) is 0.803. The zero-order chi connectivity index (χ0) is 12.4. The van der Waals surface area contributed by atoms with Gasteiger partial charge in [0, 0.05) is 18.8 Å². The fraction of sp³-hybridized carbons (Fsp3) is 0.154. The number of rotatable bonds is 3. The van der Waals surface area contributed by atoms with E-state index in [1.54, 1.807) is 23.7 Å². The number of fused-ring (bicyclic) bond motifs is 1. The summed E-state index contributed by atoms with van der Waals surface area (Å²) in [6, 6.07) is 10.0. The third kappa shape index (κ3) is 2.42. The van der Waals surface area contributed by atoms with E-state index in [0.717, 1.165) is 22.8 Å². The summed E-state index contributed by atoms with van der Waals surface area (Å²) in [6.07, 6.45) is 4.33. The van der Waals surface area contributed by atoms with Crippen molar-refractivity contribution in [2.45, 2.75) is 11.2 Å². The van der Waals surface area contributed by atoms with Gasteiger partial charge in [0.1, 0.15) is 5.82 Å². The second kappa shape index (κ2) is 5.12. The quantitative estimate of drug-likeness (QED) is 0.690. The number of para-hydroxylation sites is 1. The Balaban J connectivity index is 1.84. The van der Waals surface area contributed by atoms with Crippen molar-refractivity contribution in [1.82, 2.24) is 15.0 Å². The third-order valence-electron chi connectivity index (χ3n) is 2.56. The minimum Gasteiger partial charge on any atom is -0.241 e. The van der Waals surface area contributed by atoms with Gasteiger partial charge in [-0.2, -0.15) is 0 Å². The fourth-order valence-electron chi connectivity index (χ4n) is 1.72. The van der Waals surface area contributed by atoms with Gasteiger partial charge in [0.2, 0.25) is 0 Å². The van der Waals surface area contributed by atoms with E-state index < -0.39 is 0 Å². The summed E-state index contributed by atoms with van der Waals surface area (Å²) in [7, 11) is 0. The minimum atomic E-state index is 0.110. The molecule has 0 radical (unpaired) electrons. The van der Waals surface area contributed by atoms with Crippen LogP contribution in [0.4, 0.5) is 0 Å². The average Bonchev–Trinajstić information content (AvgIpc) is 2.82. The smallest absolute Gasteiger partial charge is 0.142 e. The largest absolute Gasteiger partial charge is 0.241 e. The maximum absolute atomic E-state index is 4.61. The molecule has 5 heteroatoms. The highest BCUT2D eigenvalue weighted by Crippen LogP contribution is 2.28. The molecule has 90 valence electrons. The van der Waals surface area contributed by atoms with Gasteiger partial charge in [0.25, 0.3) is 0 Å². The monoisotopic (exact) mass is 319 g/mol. The average molecular weight is 320 g/mol. The Morgan fingerprint density at radius 3 is 2.67 bits per heavy atom. The van der Waals surface area contributed by atoms with Gasteiger partial charge >= 0.3 is 0 Å². The number of nitrogens with zero attached hydrogens (tertiary/aromatic N) is 3. The van der Waals surface area contributed by atoms with E-state index in [0.29, 0.717) is 0 Å². The number of hydrogen-bond donors (Lipinski definition) is 0. The number of hydrogen-bond acceptors (Lipinski definition) is 4. The Hall–Kier alpha value is -1.33. The van der Waals surface area contributed by atoms with Gasteiger partial charge in [-0.1, -0.05) is 28.1 Å². The van der Waals surface area contributed by atoms with Crippen molar-refractivity contribution in [1.29, 1.82) is 0 Å². The van der Waals surface area contributed by atoms with E-state index in [1.807, 2.05) is 24.3 Å². The highest BCUT2D eigenvalue weighted by atomic mass is 79.9. The predicted octanol–water partition coefficient (Wildman–Crippen LogP) is 3.77. The normalized spacial score (nSPS) is 12.7. The van der Waals surface area contributed by atoms with Crippen LogP contribution in [-0.4, -0.2) is 15.0 Å². The molecule has 18 heavy (non-hydrogen) atoms. The molecule has 3 nitrogen and oxygen atoms in total. The lowest BCUT2D eigenvalue weighted by Gasteiger charge is -2.04. The molecule has 3 aromatic rings. The molecule has 1 atom stereocenters. The van der Waals surface area contributed by atoms with Crippen molar-refractivity contribution in [2.24, 2.45) is 0 Å². The van der Waals surface area contributed by atoms with Gasteiger partial charge in [-0.25, -0.2) is 15.0 Å². The first-order valence-corrected chi connectivity index (χ1v) is 7.31. The van der Waals surface area contributed by atoms with Gasteiger partial charge in [0.05, 0.1) is 20.1 Å². The second-order valence-corrected chi connectivity index (χ2v) is 6.07. The van der Waals surface area contributed by atoms with Crippen LogP contribution < -0.4 is 0 Å². The van der Waals surface area contributed by atoms with Crippen molar-refractivity contribution >= 4 is 37.5 Å². The highest BCUT2D eigenvalue weighted by Gasteiger charge is 2.13. The maximum atomic E-state index is 4.61. The minimum absolute atomic E-state index is 0.110. The van der Waals surface area contributed by atoms with Crippen molar-refractivity contribution in [3.63, 3.8) is 0 Å². The van der Waals surface area contributed by atoms with E-state index in [2.05, 4.69) is 36.9 Å². The fourth-order valence-corrected chi connectivity index (χ4v) is 3.49. The number of alkyl halides is 1. The van der Waals surface area contributed by atoms with Crippen LogP contribution in [0.2, 0.25) is 0 Å². The van der Waals surface area contributed by atoms with Crippen molar-refractivity contribution in [3.8, 4) is 0 Å². The van der Waals surface area contributed by atoms with E-state index in [1.165, 1.54) is 4.70 Å². The SMILES string of the molecule is BrC(Cc1nc2ccccc2s1)c1ncccn1. The summed E-state index contributed by atoms with van der Waals surface area (Å²) >= 11 is 5.35. The predicted molar refractivity (Wildman–Crippen MR) is 77.0 cm³/mol. The van der Waals surface area contributed by atoms with Gasteiger partial charge in [-0.3, -0.25) is 0 Å². The number of halogens is 1. The summed E-state index contributed by atoms with van der Waals surface area (Å²) in [5, 5.41) is 1.10. The molecule has 0 bridgehead atoms. The Morgan fingerprint density at radius 2 is 1.89 bits per heavy atom. The summed E-state index contributed by atoms with van der Waals surface area (Å²) in [5.41, 5.74) is 1.06. The zero-order valence-electron chi connectivity index (χ0n) is 9.45. The Bertz CT molecular complexity index is 620. The molecule has 0 fully saturated rings. The molecular weight excluding hydrogens is 310 g/mol. The summed E-state index contributed by atoms with van der Waals surface area (Å²) in [6.45, 7) is 0. The molecule has 0 N–H and O–H groups in total. The second-order valence-electron chi connectivity index (χ2n) is 3.85. The van der Waals surface area contributed by atoms with Crippen LogP contribution in [0.15, 0.2) is 42.7 Å². The third-order valence-corrected chi connectivity index (χ3v) is 4.35. The first kappa shape index (κ1) is 11.7. The maximum Gasteiger partial charge on any atom is 0.142 e. The lowest BCUT2D eigenvalue weighted by atomic mass is 10.3. The van der Waals surface area contributed by atoms with Crippen LogP contribution in [-0.2, 0) is 6.42 Å². The van der Waals surface area contributed by atoms with Gasteiger partial charge in [-0.15, -0.1) is 11.3 Å². The molecular formula is C13H10BrN3S.